The summed E-state index contributed by atoms with van der Waals surface area (Å²) >= 11 is 6.45. The van der Waals surface area contributed by atoms with E-state index in [-0.39, 0.29) is 41.1 Å². The molecule has 0 heterocycles. The van der Waals surface area contributed by atoms with Crippen LogP contribution in [0.4, 0.5) is 10.1 Å². The van der Waals surface area contributed by atoms with Gasteiger partial charge in [-0.2, -0.15) is 0 Å². The zero-order valence-corrected chi connectivity index (χ0v) is 28.1. The SMILES string of the molecule is Cc1ccc(S(=O)(=O)N(CC(=O)N(Cc2ccccc2F)[C@@H](Cc2ccccc2)C(=O)NC2CCCC2)c2ccc(C)c(Cl)c2)cc1. The molecule has 47 heavy (non-hydrogen) atoms. The Hall–Kier alpha value is -4.21. The van der Waals surface area contributed by atoms with Crippen LogP contribution in [0.15, 0.2) is 102 Å². The van der Waals surface area contributed by atoms with Gasteiger partial charge in [0.25, 0.3) is 10.0 Å². The molecular weight excluding hydrogens is 637 g/mol. The number of nitrogens with zero attached hydrogens (tertiary/aromatic N) is 2. The van der Waals surface area contributed by atoms with Gasteiger partial charge >= 0.3 is 0 Å². The lowest BCUT2D eigenvalue weighted by atomic mass is 10.0. The first kappa shape index (κ1) is 34.1. The number of nitrogens with one attached hydrogen (secondary N) is 1. The molecular formula is C37H39ClFN3O4S. The number of anilines is 1. The molecule has 1 N–H and O–H groups in total. The van der Waals surface area contributed by atoms with Crippen LogP contribution in [0.25, 0.3) is 0 Å². The predicted octanol–water partition coefficient (Wildman–Crippen LogP) is 6.99. The van der Waals surface area contributed by atoms with E-state index in [1.54, 1.807) is 49.4 Å². The van der Waals surface area contributed by atoms with Crippen LogP contribution in [-0.2, 0) is 32.6 Å². The number of hydrogen-bond acceptors (Lipinski definition) is 4. The number of rotatable bonds is 12. The number of hydrogen-bond donors (Lipinski definition) is 1. The molecule has 0 unspecified atom stereocenters. The molecule has 1 aliphatic rings. The number of carbonyl (C=O) groups excluding carboxylic acids is 2. The van der Waals surface area contributed by atoms with Crippen molar-refractivity contribution in [3.63, 3.8) is 0 Å². The summed E-state index contributed by atoms with van der Waals surface area (Å²) in [6.45, 7) is 2.76. The molecule has 0 spiro atoms. The van der Waals surface area contributed by atoms with Gasteiger partial charge < -0.3 is 10.2 Å². The second-order valence-corrected chi connectivity index (χ2v) is 14.3. The lowest BCUT2D eigenvalue weighted by Crippen LogP contribution is -2.54. The minimum atomic E-state index is -4.28. The van der Waals surface area contributed by atoms with Crippen LogP contribution in [0, 0.1) is 19.7 Å². The molecule has 1 saturated carbocycles. The van der Waals surface area contributed by atoms with Crippen molar-refractivity contribution in [2.75, 3.05) is 10.8 Å². The van der Waals surface area contributed by atoms with Gasteiger partial charge in [0.05, 0.1) is 10.6 Å². The number of aryl methyl sites for hydroxylation is 2. The van der Waals surface area contributed by atoms with Crippen molar-refractivity contribution in [2.24, 2.45) is 0 Å². The lowest BCUT2D eigenvalue weighted by molar-refractivity contribution is -0.140. The molecule has 0 bridgehead atoms. The van der Waals surface area contributed by atoms with Crippen molar-refractivity contribution in [3.05, 3.63) is 130 Å². The number of amides is 2. The first-order valence-corrected chi connectivity index (χ1v) is 17.6. The van der Waals surface area contributed by atoms with Crippen molar-refractivity contribution in [2.45, 2.75) is 69.5 Å². The largest absolute Gasteiger partial charge is 0.352 e. The van der Waals surface area contributed by atoms with Gasteiger partial charge in [0.15, 0.2) is 0 Å². The second kappa shape index (κ2) is 15.1. The zero-order valence-electron chi connectivity index (χ0n) is 26.5. The summed E-state index contributed by atoms with van der Waals surface area (Å²) in [4.78, 5) is 30.0. The van der Waals surface area contributed by atoms with Crippen molar-refractivity contribution in [1.29, 1.82) is 0 Å². The van der Waals surface area contributed by atoms with Crippen molar-refractivity contribution in [3.8, 4) is 0 Å². The minimum absolute atomic E-state index is 0.00642. The summed E-state index contributed by atoms with van der Waals surface area (Å²) in [6, 6.07) is 25.4. The summed E-state index contributed by atoms with van der Waals surface area (Å²) in [5, 5.41) is 3.45. The van der Waals surface area contributed by atoms with Crippen LogP contribution >= 0.6 is 11.6 Å². The highest BCUT2D eigenvalue weighted by Gasteiger charge is 2.36. The van der Waals surface area contributed by atoms with E-state index in [9.17, 15) is 18.0 Å². The molecule has 10 heteroatoms. The fourth-order valence-corrected chi connectivity index (χ4v) is 7.42. The second-order valence-electron chi connectivity index (χ2n) is 12.1. The van der Waals surface area contributed by atoms with Crippen LogP contribution in [-0.4, -0.2) is 43.8 Å². The molecule has 0 radical (unpaired) electrons. The third kappa shape index (κ3) is 8.39. The number of benzene rings is 4. The summed E-state index contributed by atoms with van der Waals surface area (Å²) in [7, 11) is -4.28. The molecule has 1 aliphatic carbocycles. The summed E-state index contributed by atoms with van der Waals surface area (Å²) < 4.78 is 44.6. The maximum atomic E-state index is 15.1. The Morgan fingerprint density at radius 3 is 2.23 bits per heavy atom. The molecule has 0 aliphatic heterocycles. The number of halogens is 2. The lowest BCUT2D eigenvalue weighted by Gasteiger charge is -2.34. The van der Waals surface area contributed by atoms with Gasteiger partial charge in [-0.25, -0.2) is 12.8 Å². The maximum absolute atomic E-state index is 15.1. The highest BCUT2D eigenvalue weighted by atomic mass is 35.5. The van der Waals surface area contributed by atoms with E-state index < -0.39 is 34.3 Å². The highest BCUT2D eigenvalue weighted by Crippen LogP contribution is 2.29. The summed E-state index contributed by atoms with van der Waals surface area (Å²) in [6.07, 6.45) is 3.82. The fourth-order valence-electron chi connectivity index (χ4n) is 5.83. The van der Waals surface area contributed by atoms with Gasteiger partial charge in [0.2, 0.25) is 11.8 Å². The standard InChI is InChI=1S/C37H39ClFN3O4S/c1-26-16-20-32(21-17-26)47(45,46)42(31-19-18-27(2)33(38)23-31)25-36(43)41(24-29-12-6-9-15-34(29)39)35(22-28-10-4-3-5-11-28)37(44)40-30-13-7-8-14-30/h3-6,9-12,15-21,23,30,35H,7-8,13-14,22,24-25H2,1-2H3,(H,40,44)/t35-/m0/s1. The molecule has 4 aromatic rings. The molecule has 246 valence electrons. The Morgan fingerprint density at radius 1 is 0.915 bits per heavy atom. The highest BCUT2D eigenvalue weighted by molar-refractivity contribution is 7.92. The average molecular weight is 676 g/mol. The van der Waals surface area contributed by atoms with Gasteiger partial charge in [0.1, 0.15) is 18.4 Å². The molecule has 0 aromatic heterocycles. The molecule has 4 aromatic carbocycles. The Bertz CT molecular complexity index is 1810. The van der Waals surface area contributed by atoms with Gasteiger partial charge in [0, 0.05) is 29.6 Å². The Labute approximate surface area is 281 Å². The minimum Gasteiger partial charge on any atom is -0.352 e. The third-order valence-electron chi connectivity index (χ3n) is 8.60. The van der Waals surface area contributed by atoms with E-state index in [1.807, 2.05) is 37.3 Å². The quantitative estimate of drug-likeness (QED) is 0.175. The van der Waals surface area contributed by atoms with Crippen LogP contribution in [0.2, 0.25) is 5.02 Å². The summed E-state index contributed by atoms with van der Waals surface area (Å²) in [5.41, 5.74) is 2.81. The topological polar surface area (TPSA) is 86.8 Å². The molecule has 1 atom stereocenters. The molecule has 0 saturated heterocycles. The van der Waals surface area contributed by atoms with Crippen molar-refractivity contribution < 1.29 is 22.4 Å². The first-order valence-electron chi connectivity index (χ1n) is 15.8. The van der Waals surface area contributed by atoms with Crippen molar-refractivity contribution in [1.82, 2.24) is 10.2 Å². The normalized spacial score (nSPS) is 14.0. The monoisotopic (exact) mass is 675 g/mol. The Balaban J connectivity index is 1.58. The van der Waals surface area contributed by atoms with E-state index in [1.165, 1.54) is 29.2 Å². The van der Waals surface area contributed by atoms with E-state index in [4.69, 9.17) is 11.6 Å². The average Bonchev–Trinajstić information content (AvgIpc) is 3.57. The van der Waals surface area contributed by atoms with Gasteiger partial charge in [-0.15, -0.1) is 0 Å². The van der Waals surface area contributed by atoms with E-state index in [0.717, 1.165) is 46.7 Å². The van der Waals surface area contributed by atoms with E-state index in [2.05, 4.69) is 5.32 Å². The molecule has 7 nitrogen and oxygen atoms in total. The van der Waals surface area contributed by atoms with Crippen molar-refractivity contribution >= 4 is 39.1 Å². The van der Waals surface area contributed by atoms with Gasteiger partial charge in [-0.3, -0.25) is 13.9 Å². The van der Waals surface area contributed by atoms with Crippen LogP contribution < -0.4 is 9.62 Å². The third-order valence-corrected chi connectivity index (χ3v) is 10.8. The van der Waals surface area contributed by atoms with E-state index >= 15 is 4.39 Å². The van der Waals surface area contributed by atoms with E-state index in [0.29, 0.717) is 5.02 Å². The molecule has 2 amide bonds. The molecule has 1 fully saturated rings. The van der Waals surface area contributed by atoms with Gasteiger partial charge in [-0.05, 0) is 68.1 Å². The first-order chi connectivity index (χ1) is 22.5. The molecule has 5 rings (SSSR count). The fraction of sp³-hybridized carbons (Fsp3) is 0.297. The Morgan fingerprint density at radius 2 is 1.57 bits per heavy atom. The number of carbonyl (C=O) groups is 2. The smallest absolute Gasteiger partial charge is 0.264 e. The van der Waals surface area contributed by atoms with Crippen LogP contribution in [0.1, 0.15) is 47.9 Å². The van der Waals surface area contributed by atoms with Crippen LogP contribution in [0.5, 0.6) is 0 Å². The summed E-state index contributed by atoms with van der Waals surface area (Å²) in [5.74, 6) is -1.56. The maximum Gasteiger partial charge on any atom is 0.264 e. The van der Waals surface area contributed by atoms with Gasteiger partial charge in [-0.1, -0.05) is 96.7 Å². The van der Waals surface area contributed by atoms with Crippen LogP contribution in [0.3, 0.4) is 0 Å². The zero-order chi connectivity index (χ0) is 33.6. The number of sulfonamides is 1. The predicted molar refractivity (Wildman–Crippen MR) is 183 cm³/mol. The Kier molecular flexibility index (Phi) is 11.0.